The smallest absolute Gasteiger partial charge is 0.337 e. The summed E-state index contributed by atoms with van der Waals surface area (Å²) in [5.41, 5.74) is 2.98. The van der Waals surface area contributed by atoms with Crippen LogP contribution in [0.5, 0.6) is 0 Å². The molecular formula is C13H22O2. The lowest BCUT2D eigenvalue weighted by molar-refractivity contribution is -0.135. The maximum atomic E-state index is 11.5. The minimum Gasteiger partial charge on any atom is -0.465 e. The number of methoxy groups -OCH3 is 1. The quantitative estimate of drug-likeness (QED) is 0.403. The van der Waals surface area contributed by atoms with Gasteiger partial charge in [0, 0.05) is 0 Å². The first-order chi connectivity index (χ1) is 6.99. The van der Waals surface area contributed by atoms with Gasteiger partial charge >= 0.3 is 5.97 Å². The largest absolute Gasteiger partial charge is 0.465 e. The molecule has 1 unspecified atom stereocenters. The predicted octanol–water partition coefficient (Wildman–Crippen LogP) is 3.49. The highest BCUT2D eigenvalue weighted by atomic mass is 16.5. The summed E-state index contributed by atoms with van der Waals surface area (Å²) in [6, 6.07) is 0. The van der Waals surface area contributed by atoms with E-state index in [2.05, 4.69) is 20.8 Å². The summed E-state index contributed by atoms with van der Waals surface area (Å²) >= 11 is 0. The molecule has 0 N–H and O–H groups in total. The number of esters is 1. The van der Waals surface area contributed by atoms with Crippen molar-refractivity contribution in [1.82, 2.24) is 0 Å². The van der Waals surface area contributed by atoms with Crippen LogP contribution in [-0.4, -0.2) is 13.1 Å². The average molecular weight is 210 g/mol. The Labute approximate surface area is 93.0 Å². The normalized spacial score (nSPS) is 15.7. The molecular weight excluding hydrogens is 188 g/mol. The third-order valence-corrected chi connectivity index (χ3v) is 3.04. The molecule has 2 nitrogen and oxygen atoms in total. The molecule has 0 saturated heterocycles. The van der Waals surface area contributed by atoms with Crippen molar-refractivity contribution in [2.75, 3.05) is 7.11 Å². The highest BCUT2D eigenvalue weighted by Crippen LogP contribution is 2.23. The van der Waals surface area contributed by atoms with Crippen molar-refractivity contribution in [3.05, 3.63) is 22.8 Å². The highest BCUT2D eigenvalue weighted by molar-refractivity contribution is 5.93. The first-order valence-electron chi connectivity index (χ1n) is 5.41. The standard InChI is InChI=1S/C13H22O2/c1-7-9(3)10(4)11(5)12(8-2)13(14)15-6/h8-9H,7H2,1-6H3/b11-10-,12-8+. The van der Waals surface area contributed by atoms with Crippen LogP contribution < -0.4 is 0 Å². The number of hydrogen-bond donors (Lipinski definition) is 0. The summed E-state index contributed by atoms with van der Waals surface area (Å²) in [5, 5.41) is 0. The summed E-state index contributed by atoms with van der Waals surface area (Å²) < 4.78 is 4.75. The molecule has 0 aliphatic rings. The molecule has 15 heavy (non-hydrogen) atoms. The van der Waals surface area contributed by atoms with Crippen LogP contribution in [0.1, 0.15) is 41.0 Å². The van der Waals surface area contributed by atoms with Gasteiger partial charge in [-0.2, -0.15) is 0 Å². The van der Waals surface area contributed by atoms with Crippen molar-refractivity contribution in [3.8, 4) is 0 Å². The minimum atomic E-state index is -0.252. The Morgan fingerprint density at radius 3 is 2.27 bits per heavy atom. The fraction of sp³-hybridized carbons (Fsp3) is 0.615. The monoisotopic (exact) mass is 210 g/mol. The van der Waals surface area contributed by atoms with Crippen LogP contribution in [0.4, 0.5) is 0 Å². The SMILES string of the molecule is C/C=C(C(=O)OC)\C(C)=C(\C)C(C)CC. The summed E-state index contributed by atoms with van der Waals surface area (Å²) in [4.78, 5) is 11.5. The zero-order valence-electron chi connectivity index (χ0n) is 10.7. The Balaban J connectivity index is 5.11. The van der Waals surface area contributed by atoms with Crippen molar-refractivity contribution in [1.29, 1.82) is 0 Å². The molecule has 0 aromatic rings. The van der Waals surface area contributed by atoms with Gasteiger partial charge in [-0.15, -0.1) is 0 Å². The van der Waals surface area contributed by atoms with Crippen molar-refractivity contribution in [2.24, 2.45) is 5.92 Å². The van der Waals surface area contributed by atoms with E-state index in [9.17, 15) is 4.79 Å². The van der Waals surface area contributed by atoms with Crippen LogP contribution in [-0.2, 0) is 9.53 Å². The molecule has 0 aromatic carbocycles. The molecule has 86 valence electrons. The molecule has 0 aliphatic carbocycles. The van der Waals surface area contributed by atoms with Gasteiger partial charge in [0.25, 0.3) is 0 Å². The summed E-state index contributed by atoms with van der Waals surface area (Å²) in [6.45, 7) is 10.2. The maximum Gasteiger partial charge on any atom is 0.337 e. The number of allylic oxidation sites excluding steroid dienone is 2. The third-order valence-electron chi connectivity index (χ3n) is 3.04. The van der Waals surface area contributed by atoms with E-state index in [-0.39, 0.29) is 5.97 Å². The van der Waals surface area contributed by atoms with Crippen LogP contribution in [0.15, 0.2) is 22.8 Å². The molecule has 0 rings (SSSR count). The molecule has 0 saturated carbocycles. The lowest BCUT2D eigenvalue weighted by atomic mass is 9.92. The maximum absolute atomic E-state index is 11.5. The van der Waals surface area contributed by atoms with Crippen molar-refractivity contribution in [3.63, 3.8) is 0 Å². The van der Waals surface area contributed by atoms with Gasteiger partial charge < -0.3 is 4.74 Å². The van der Waals surface area contributed by atoms with E-state index in [1.54, 1.807) is 0 Å². The second-order valence-electron chi connectivity index (χ2n) is 3.81. The Bertz CT molecular complexity index is 285. The van der Waals surface area contributed by atoms with E-state index in [0.29, 0.717) is 11.5 Å². The first kappa shape index (κ1) is 13.9. The van der Waals surface area contributed by atoms with Crippen molar-refractivity contribution < 1.29 is 9.53 Å². The Hall–Kier alpha value is -1.05. The zero-order chi connectivity index (χ0) is 12.0. The van der Waals surface area contributed by atoms with Gasteiger partial charge in [-0.25, -0.2) is 4.79 Å². The van der Waals surface area contributed by atoms with Crippen LogP contribution in [0, 0.1) is 5.92 Å². The Kier molecular flexibility index (Phi) is 5.99. The average Bonchev–Trinajstić information content (AvgIpc) is 2.27. The van der Waals surface area contributed by atoms with E-state index in [0.717, 1.165) is 12.0 Å². The van der Waals surface area contributed by atoms with E-state index >= 15 is 0 Å². The fourth-order valence-corrected chi connectivity index (χ4v) is 1.49. The first-order valence-corrected chi connectivity index (χ1v) is 5.41. The minimum absolute atomic E-state index is 0.252. The number of carbonyl (C=O) groups excluding carboxylic acids is 1. The van der Waals surface area contributed by atoms with E-state index in [1.165, 1.54) is 12.7 Å². The number of carbonyl (C=O) groups is 1. The molecule has 0 radical (unpaired) electrons. The second kappa shape index (κ2) is 6.44. The summed E-state index contributed by atoms with van der Waals surface area (Å²) in [5.74, 6) is 0.252. The molecule has 0 aliphatic heterocycles. The molecule has 0 amide bonds. The molecule has 0 bridgehead atoms. The number of ether oxygens (including phenoxy) is 1. The lowest BCUT2D eigenvalue weighted by Crippen LogP contribution is -2.09. The number of rotatable bonds is 4. The lowest BCUT2D eigenvalue weighted by Gasteiger charge is -2.15. The molecule has 1 atom stereocenters. The summed E-state index contributed by atoms with van der Waals surface area (Å²) in [6.07, 6.45) is 2.90. The molecule has 2 heteroatoms. The van der Waals surface area contributed by atoms with Gasteiger partial charge in [0.1, 0.15) is 0 Å². The molecule has 0 heterocycles. The van der Waals surface area contributed by atoms with Crippen molar-refractivity contribution in [2.45, 2.75) is 41.0 Å². The van der Waals surface area contributed by atoms with E-state index in [1.807, 2.05) is 19.9 Å². The van der Waals surface area contributed by atoms with Gasteiger partial charge in [-0.05, 0) is 38.7 Å². The van der Waals surface area contributed by atoms with E-state index in [4.69, 9.17) is 4.74 Å². The van der Waals surface area contributed by atoms with Gasteiger partial charge in [0.15, 0.2) is 0 Å². The van der Waals surface area contributed by atoms with Crippen LogP contribution in [0.25, 0.3) is 0 Å². The zero-order valence-corrected chi connectivity index (χ0v) is 10.7. The van der Waals surface area contributed by atoms with Crippen LogP contribution >= 0.6 is 0 Å². The van der Waals surface area contributed by atoms with Crippen LogP contribution in [0.2, 0.25) is 0 Å². The Morgan fingerprint density at radius 1 is 1.40 bits per heavy atom. The summed E-state index contributed by atoms with van der Waals surface area (Å²) in [7, 11) is 1.41. The third kappa shape index (κ3) is 3.54. The Morgan fingerprint density at radius 2 is 1.93 bits per heavy atom. The van der Waals surface area contributed by atoms with E-state index < -0.39 is 0 Å². The van der Waals surface area contributed by atoms with Gasteiger partial charge in [0.05, 0.1) is 12.7 Å². The van der Waals surface area contributed by atoms with Crippen LogP contribution in [0.3, 0.4) is 0 Å². The molecule has 0 spiro atoms. The molecule has 0 aromatic heterocycles. The highest BCUT2D eigenvalue weighted by Gasteiger charge is 2.14. The number of hydrogen-bond acceptors (Lipinski definition) is 2. The van der Waals surface area contributed by atoms with Gasteiger partial charge in [0.2, 0.25) is 0 Å². The predicted molar refractivity (Wildman–Crippen MR) is 63.6 cm³/mol. The van der Waals surface area contributed by atoms with Crippen molar-refractivity contribution >= 4 is 5.97 Å². The fourth-order valence-electron chi connectivity index (χ4n) is 1.49. The topological polar surface area (TPSA) is 26.3 Å². The molecule has 0 fully saturated rings. The second-order valence-corrected chi connectivity index (χ2v) is 3.81. The van der Waals surface area contributed by atoms with Gasteiger partial charge in [-0.3, -0.25) is 0 Å². The van der Waals surface area contributed by atoms with Gasteiger partial charge in [-0.1, -0.05) is 25.5 Å².